The van der Waals surface area contributed by atoms with Gasteiger partial charge in [0.1, 0.15) is 12.2 Å². The Morgan fingerprint density at radius 3 is 1.98 bits per heavy atom. The van der Waals surface area contributed by atoms with E-state index in [1.165, 1.54) is 10.8 Å². The van der Waals surface area contributed by atoms with E-state index in [4.69, 9.17) is 13.9 Å². The molecule has 6 rings (SSSR count). The highest BCUT2D eigenvalue weighted by molar-refractivity contribution is 14.1. The van der Waals surface area contributed by atoms with Crippen molar-refractivity contribution in [3.63, 3.8) is 0 Å². The summed E-state index contributed by atoms with van der Waals surface area (Å²) in [5, 5.41) is 2.07. The summed E-state index contributed by atoms with van der Waals surface area (Å²) in [6.07, 6.45) is 2.38. The first-order valence-corrected chi connectivity index (χ1v) is 18.3. The standard InChI is InChI=1S/C36H37IN2O6Si/c1-35(2,3)46(26-17-11-7-12-18-26,27-19-13-8-14-20-27)43-23-25-21-29(31-30(25)44-36(4,5)45-31)38-22-28(37)33(41)39(34(38)42)32(40)24-15-9-6-10-16-24/h6-22,29-31H,23H2,1-5H3/t29-,30-,31+/m1/s1. The van der Waals surface area contributed by atoms with E-state index in [1.54, 1.807) is 30.3 Å². The monoisotopic (exact) mass is 748 g/mol. The molecule has 1 aliphatic heterocycles. The summed E-state index contributed by atoms with van der Waals surface area (Å²) in [5.41, 5.74) is -0.297. The third kappa shape index (κ3) is 5.70. The Hall–Kier alpha value is -3.42. The Kier molecular flexibility index (Phi) is 8.70. The van der Waals surface area contributed by atoms with Gasteiger partial charge in [-0.25, -0.2) is 4.79 Å². The fourth-order valence-electron chi connectivity index (χ4n) is 6.70. The van der Waals surface area contributed by atoms with Gasteiger partial charge in [-0.1, -0.05) is 106 Å². The lowest BCUT2D eigenvalue weighted by atomic mass is 10.1. The maximum atomic E-state index is 14.0. The van der Waals surface area contributed by atoms with Crippen LogP contribution in [0.15, 0.2) is 118 Å². The molecule has 10 heteroatoms. The number of carbonyl (C=O) groups excluding carboxylic acids is 1. The minimum absolute atomic E-state index is 0.236. The van der Waals surface area contributed by atoms with Crippen molar-refractivity contribution in [2.24, 2.45) is 0 Å². The predicted octanol–water partition coefficient (Wildman–Crippen LogP) is 4.88. The molecule has 8 nitrogen and oxygen atoms in total. The summed E-state index contributed by atoms with van der Waals surface area (Å²) in [7, 11) is -2.88. The normalized spacial score (nSPS) is 20.7. The van der Waals surface area contributed by atoms with Crippen LogP contribution < -0.4 is 21.6 Å². The number of nitrogens with zero attached hydrogens (tertiary/aromatic N) is 2. The highest BCUT2D eigenvalue weighted by Crippen LogP contribution is 2.44. The number of hydrogen-bond acceptors (Lipinski definition) is 6. The summed E-state index contributed by atoms with van der Waals surface area (Å²) >= 11 is 1.88. The summed E-state index contributed by atoms with van der Waals surface area (Å²) in [4.78, 5) is 40.6. The number of carbonyl (C=O) groups is 1. The third-order valence-corrected chi connectivity index (χ3v) is 14.4. The van der Waals surface area contributed by atoms with Gasteiger partial charge in [0.25, 0.3) is 19.8 Å². The molecular formula is C36H37IN2O6Si. The summed E-state index contributed by atoms with van der Waals surface area (Å²) < 4.78 is 22.4. The fraction of sp³-hybridized carbons (Fsp3) is 0.306. The first-order valence-electron chi connectivity index (χ1n) is 15.3. The van der Waals surface area contributed by atoms with E-state index in [0.717, 1.165) is 15.9 Å². The van der Waals surface area contributed by atoms with Crippen LogP contribution in [0.3, 0.4) is 0 Å². The van der Waals surface area contributed by atoms with Crippen LogP contribution in [-0.4, -0.2) is 48.0 Å². The van der Waals surface area contributed by atoms with Gasteiger partial charge >= 0.3 is 5.69 Å². The highest BCUT2D eigenvalue weighted by atomic mass is 127. The van der Waals surface area contributed by atoms with Crippen molar-refractivity contribution in [1.29, 1.82) is 0 Å². The smallest absolute Gasteiger partial charge is 0.338 e. The molecule has 3 aromatic carbocycles. The summed E-state index contributed by atoms with van der Waals surface area (Å²) in [5.74, 6) is -1.60. The molecule has 2 aliphatic rings. The van der Waals surface area contributed by atoms with Gasteiger partial charge in [-0.3, -0.25) is 14.2 Å². The Morgan fingerprint density at radius 1 is 0.891 bits per heavy atom. The quantitative estimate of drug-likeness (QED) is 0.152. The zero-order chi connectivity index (χ0) is 32.9. The average Bonchev–Trinajstić information content (AvgIpc) is 3.53. The molecule has 0 amide bonds. The van der Waals surface area contributed by atoms with Crippen LogP contribution >= 0.6 is 22.6 Å². The van der Waals surface area contributed by atoms with Crippen LogP contribution in [0.2, 0.25) is 5.04 Å². The minimum Gasteiger partial charge on any atom is -0.403 e. The molecule has 0 N–H and O–H groups in total. The average molecular weight is 749 g/mol. The van der Waals surface area contributed by atoms with E-state index in [-0.39, 0.29) is 20.8 Å². The second kappa shape index (κ2) is 12.3. The molecule has 46 heavy (non-hydrogen) atoms. The van der Waals surface area contributed by atoms with Crippen molar-refractivity contribution in [2.75, 3.05) is 6.61 Å². The first kappa shape index (κ1) is 32.5. The van der Waals surface area contributed by atoms with Crippen molar-refractivity contribution in [3.8, 4) is 0 Å². The van der Waals surface area contributed by atoms with Crippen LogP contribution in [0.4, 0.5) is 0 Å². The molecule has 1 fully saturated rings. The Morgan fingerprint density at radius 2 is 1.43 bits per heavy atom. The highest BCUT2D eigenvalue weighted by Gasteiger charge is 2.54. The van der Waals surface area contributed by atoms with Gasteiger partial charge in [0.05, 0.1) is 16.2 Å². The molecule has 0 saturated carbocycles. The molecule has 238 valence electrons. The predicted molar refractivity (Wildman–Crippen MR) is 188 cm³/mol. The number of hydrogen-bond donors (Lipinski definition) is 0. The van der Waals surface area contributed by atoms with Gasteiger partial charge in [0.2, 0.25) is 0 Å². The second-order valence-electron chi connectivity index (χ2n) is 13.2. The number of halogens is 1. The molecule has 2 heterocycles. The lowest BCUT2D eigenvalue weighted by Gasteiger charge is -2.43. The largest absolute Gasteiger partial charge is 0.403 e. The molecule has 0 bridgehead atoms. The van der Waals surface area contributed by atoms with Crippen molar-refractivity contribution in [2.45, 2.75) is 63.7 Å². The zero-order valence-corrected chi connectivity index (χ0v) is 29.6. The van der Waals surface area contributed by atoms with E-state index >= 15 is 0 Å². The van der Waals surface area contributed by atoms with Gasteiger partial charge in [-0.2, -0.15) is 4.57 Å². The molecule has 0 radical (unpaired) electrons. The van der Waals surface area contributed by atoms with Gasteiger partial charge in [0.15, 0.2) is 5.79 Å². The first-order chi connectivity index (χ1) is 21.8. The minimum atomic E-state index is -2.88. The van der Waals surface area contributed by atoms with E-state index < -0.39 is 49.5 Å². The van der Waals surface area contributed by atoms with Crippen LogP contribution in [-0.2, 0) is 13.9 Å². The van der Waals surface area contributed by atoms with Gasteiger partial charge in [-0.15, -0.1) is 0 Å². The third-order valence-electron chi connectivity index (χ3n) is 8.71. The number of rotatable bonds is 7. The van der Waals surface area contributed by atoms with Crippen molar-refractivity contribution >= 4 is 47.2 Å². The molecule has 1 saturated heterocycles. The fourth-order valence-corrected chi connectivity index (χ4v) is 11.8. The van der Waals surface area contributed by atoms with E-state index in [1.807, 2.05) is 78.9 Å². The molecular weight excluding hydrogens is 711 g/mol. The molecule has 3 atom stereocenters. The van der Waals surface area contributed by atoms with Crippen LogP contribution in [0.5, 0.6) is 0 Å². The Balaban J connectivity index is 1.44. The van der Waals surface area contributed by atoms with Crippen molar-refractivity contribution in [3.05, 3.63) is 139 Å². The van der Waals surface area contributed by atoms with Crippen molar-refractivity contribution < 1.29 is 18.7 Å². The molecule has 0 spiro atoms. The van der Waals surface area contributed by atoms with E-state index in [9.17, 15) is 14.4 Å². The number of benzene rings is 3. The van der Waals surface area contributed by atoms with Crippen LogP contribution in [0, 0.1) is 3.57 Å². The van der Waals surface area contributed by atoms with Gasteiger partial charge in [0, 0.05) is 11.8 Å². The molecule has 1 aromatic heterocycles. The Labute approximate surface area is 282 Å². The number of aromatic nitrogens is 2. The maximum Gasteiger partial charge on any atom is 0.338 e. The molecule has 4 aromatic rings. The van der Waals surface area contributed by atoms with E-state index in [0.29, 0.717) is 4.57 Å². The van der Waals surface area contributed by atoms with Crippen LogP contribution in [0.25, 0.3) is 0 Å². The van der Waals surface area contributed by atoms with Crippen molar-refractivity contribution in [1.82, 2.24) is 9.13 Å². The van der Waals surface area contributed by atoms with Gasteiger partial charge < -0.3 is 13.9 Å². The molecule has 1 aliphatic carbocycles. The lowest BCUT2D eigenvalue weighted by molar-refractivity contribution is -0.148. The summed E-state index contributed by atoms with van der Waals surface area (Å²) in [6, 6.07) is 28.5. The van der Waals surface area contributed by atoms with E-state index in [2.05, 4.69) is 45.0 Å². The zero-order valence-electron chi connectivity index (χ0n) is 26.5. The maximum absolute atomic E-state index is 14.0. The molecule has 0 unspecified atom stereocenters. The number of fused-ring (bicyclic) bond motifs is 1. The van der Waals surface area contributed by atoms with Crippen LogP contribution in [0.1, 0.15) is 51.0 Å². The topological polar surface area (TPSA) is 88.8 Å². The Bertz CT molecular complexity index is 1860. The second-order valence-corrected chi connectivity index (χ2v) is 18.7. The number of ether oxygens (including phenoxy) is 2. The SMILES string of the molecule is CC1(C)O[C@@H]2[C@H](O1)C(CO[Si](c1ccccc1)(c1ccccc1)C(C)(C)C)=C[C@H]2n1cc(I)c(=O)n(C(=O)c2ccccc2)c1=O. The van der Waals surface area contributed by atoms with Gasteiger partial charge in [-0.05, 0) is 69.6 Å². The summed E-state index contributed by atoms with van der Waals surface area (Å²) in [6.45, 7) is 10.6. The lowest BCUT2D eigenvalue weighted by Crippen LogP contribution is -2.66.